The highest BCUT2D eigenvalue weighted by molar-refractivity contribution is 7.92. The van der Waals surface area contributed by atoms with Gasteiger partial charge in [-0.3, -0.25) is 9.10 Å². The summed E-state index contributed by atoms with van der Waals surface area (Å²) in [6.45, 7) is 3.62. The van der Waals surface area contributed by atoms with Crippen LogP contribution >= 0.6 is 0 Å². The Labute approximate surface area is 185 Å². The van der Waals surface area contributed by atoms with Gasteiger partial charge in [0.25, 0.3) is 5.91 Å². The van der Waals surface area contributed by atoms with Crippen LogP contribution in [0.15, 0.2) is 42.5 Å². The molecule has 2 aromatic carbocycles. The van der Waals surface area contributed by atoms with Gasteiger partial charge in [0.15, 0.2) is 0 Å². The molecule has 0 N–H and O–H groups in total. The number of piperazine rings is 1. The lowest BCUT2D eigenvalue weighted by atomic mass is 10.1. The fourth-order valence-electron chi connectivity index (χ4n) is 4.18. The van der Waals surface area contributed by atoms with Crippen LogP contribution in [0.5, 0.6) is 0 Å². The van der Waals surface area contributed by atoms with Crippen LogP contribution in [0.4, 0.5) is 24.5 Å². The van der Waals surface area contributed by atoms with Crippen molar-refractivity contribution in [2.24, 2.45) is 0 Å². The van der Waals surface area contributed by atoms with Crippen molar-refractivity contribution in [1.29, 1.82) is 0 Å². The number of hydrogen-bond donors (Lipinski definition) is 0. The van der Waals surface area contributed by atoms with E-state index in [1.807, 2.05) is 4.90 Å². The van der Waals surface area contributed by atoms with E-state index >= 15 is 0 Å². The first-order valence-corrected chi connectivity index (χ1v) is 12.1. The minimum atomic E-state index is -4.40. The van der Waals surface area contributed by atoms with Crippen LogP contribution in [-0.2, 0) is 22.6 Å². The first-order chi connectivity index (χ1) is 15.1. The highest BCUT2D eigenvalue weighted by Crippen LogP contribution is 2.33. The van der Waals surface area contributed by atoms with Crippen molar-refractivity contribution in [3.05, 3.63) is 59.2 Å². The first-order valence-electron chi connectivity index (χ1n) is 10.4. The molecule has 1 fully saturated rings. The van der Waals surface area contributed by atoms with E-state index in [0.717, 1.165) is 17.7 Å². The molecule has 0 bridgehead atoms. The third kappa shape index (κ3) is 4.28. The number of halogens is 3. The molecule has 0 radical (unpaired) electrons. The number of carbonyl (C=O) groups is 1. The molecule has 4 rings (SSSR count). The number of nitrogens with zero attached hydrogens (tertiary/aromatic N) is 3. The molecular formula is C22H24F3N3O3S. The molecule has 0 aromatic heterocycles. The van der Waals surface area contributed by atoms with Gasteiger partial charge in [0.2, 0.25) is 10.0 Å². The number of alkyl halides is 3. The van der Waals surface area contributed by atoms with Gasteiger partial charge in [-0.05, 0) is 55.3 Å². The van der Waals surface area contributed by atoms with Gasteiger partial charge in [0.1, 0.15) is 0 Å². The van der Waals surface area contributed by atoms with Gasteiger partial charge >= 0.3 is 6.18 Å². The molecule has 2 aromatic rings. The van der Waals surface area contributed by atoms with Crippen LogP contribution in [0.25, 0.3) is 0 Å². The topological polar surface area (TPSA) is 60.9 Å². The molecule has 0 spiro atoms. The molecule has 0 aliphatic carbocycles. The Hall–Kier alpha value is -2.75. The van der Waals surface area contributed by atoms with Crippen LogP contribution in [-0.4, -0.2) is 57.7 Å². The van der Waals surface area contributed by atoms with E-state index in [0.29, 0.717) is 56.1 Å². The molecule has 0 atom stereocenters. The summed E-state index contributed by atoms with van der Waals surface area (Å²) in [5.74, 6) is -0.142. The Kier molecular flexibility index (Phi) is 5.83. The standard InChI is InChI=1S/C22H24F3N3O3S/c1-2-32(30,31)28-9-8-16-14-17(6-7-20(16)28)21(29)27-12-10-26(11-13-27)19-5-3-4-18(15-19)22(23,24)25/h3-7,14-15H,2,8-13H2,1H3. The Morgan fingerprint density at radius 1 is 1.00 bits per heavy atom. The molecule has 32 heavy (non-hydrogen) atoms. The van der Waals surface area contributed by atoms with Crippen LogP contribution in [0.2, 0.25) is 0 Å². The molecule has 1 saturated heterocycles. The smallest absolute Gasteiger partial charge is 0.368 e. The summed E-state index contributed by atoms with van der Waals surface area (Å²) in [4.78, 5) is 16.5. The fraction of sp³-hybridized carbons (Fsp3) is 0.409. The zero-order chi connectivity index (χ0) is 23.1. The number of amides is 1. The summed E-state index contributed by atoms with van der Waals surface area (Å²) in [5.41, 5.74) is 1.74. The average Bonchev–Trinajstić information content (AvgIpc) is 3.22. The van der Waals surface area contributed by atoms with Gasteiger partial charge in [0.05, 0.1) is 17.0 Å². The van der Waals surface area contributed by atoms with Crippen LogP contribution < -0.4 is 9.21 Å². The number of fused-ring (bicyclic) bond motifs is 1. The van der Waals surface area contributed by atoms with Crippen molar-refractivity contribution in [3.63, 3.8) is 0 Å². The second-order valence-corrected chi connectivity index (χ2v) is 10.1. The summed E-state index contributed by atoms with van der Waals surface area (Å²) >= 11 is 0. The highest BCUT2D eigenvalue weighted by Gasteiger charge is 2.32. The first kappa shape index (κ1) is 22.4. The summed E-state index contributed by atoms with van der Waals surface area (Å²) in [6, 6.07) is 10.3. The maximum atomic E-state index is 13.0. The van der Waals surface area contributed by atoms with Gasteiger partial charge in [-0.25, -0.2) is 8.42 Å². The minimum Gasteiger partial charge on any atom is -0.368 e. The van der Waals surface area contributed by atoms with E-state index < -0.39 is 21.8 Å². The predicted molar refractivity (Wildman–Crippen MR) is 117 cm³/mol. The number of benzene rings is 2. The lowest BCUT2D eigenvalue weighted by molar-refractivity contribution is -0.137. The van der Waals surface area contributed by atoms with E-state index in [9.17, 15) is 26.4 Å². The Bertz CT molecular complexity index is 1130. The summed E-state index contributed by atoms with van der Waals surface area (Å²) in [6.07, 6.45) is -3.84. The number of anilines is 2. The van der Waals surface area contributed by atoms with Crippen molar-refractivity contribution in [2.45, 2.75) is 19.5 Å². The number of carbonyl (C=O) groups excluding carboxylic acids is 1. The summed E-state index contributed by atoms with van der Waals surface area (Å²) in [7, 11) is -3.35. The quantitative estimate of drug-likeness (QED) is 0.692. The lowest BCUT2D eigenvalue weighted by Crippen LogP contribution is -2.48. The molecule has 2 aliphatic rings. The van der Waals surface area contributed by atoms with Crippen LogP contribution in [0.1, 0.15) is 28.4 Å². The normalized spacial score (nSPS) is 16.9. The van der Waals surface area contributed by atoms with Gasteiger partial charge < -0.3 is 9.80 Å². The number of rotatable bonds is 4. The maximum absolute atomic E-state index is 13.0. The van der Waals surface area contributed by atoms with Gasteiger partial charge in [0, 0.05) is 44.0 Å². The monoisotopic (exact) mass is 467 g/mol. The largest absolute Gasteiger partial charge is 0.416 e. The molecule has 6 nitrogen and oxygen atoms in total. The van der Waals surface area contributed by atoms with E-state index in [1.54, 1.807) is 36.1 Å². The molecule has 2 aliphatic heterocycles. The summed E-state index contributed by atoms with van der Waals surface area (Å²) in [5, 5.41) is 0. The van der Waals surface area contributed by atoms with Gasteiger partial charge in [-0.1, -0.05) is 6.07 Å². The Balaban J connectivity index is 1.44. The van der Waals surface area contributed by atoms with Crippen molar-refractivity contribution in [1.82, 2.24) is 4.90 Å². The van der Waals surface area contributed by atoms with E-state index in [2.05, 4.69) is 0 Å². The zero-order valence-electron chi connectivity index (χ0n) is 17.6. The summed E-state index contributed by atoms with van der Waals surface area (Å²) < 4.78 is 64.8. The van der Waals surface area contributed by atoms with Crippen molar-refractivity contribution >= 4 is 27.3 Å². The van der Waals surface area contributed by atoms with Crippen LogP contribution in [0, 0.1) is 0 Å². The number of hydrogen-bond acceptors (Lipinski definition) is 4. The maximum Gasteiger partial charge on any atom is 0.416 e. The van der Waals surface area contributed by atoms with Crippen molar-refractivity contribution in [2.75, 3.05) is 47.7 Å². The highest BCUT2D eigenvalue weighted by atomic mass is 32.2. The van der Waals surface area contributed by atoms with Crippen LogP contribution in [0.3, 0.4) is 0 Å². The number of sulfonamides is 1. The van der Waals surface area contributed by atoms with Crippen molar-refractivity contribution < 1.29 is 26.4 Å². The lowest BCUT2D eigenvalue weighted by Gasteiger charge is -2.36. The third-order valence-electron chi connectivity index (χ3n) is 5.99. The second kappa shape index (κ2) is 8.31. The van der Waals surface area contributed by atoms with E-state index in [4.69, 9.17) is 0 Å². The Morgan fingerprint density at radius 3 is 2.38 bits per heavy atom. The van der Waals surface area contributed by atoms with E-state index in [-0.39, 0.29) is 11.7 Å². The third-order valence-corrected chi connectivity index (χ3v) is 7.77. The van der Waals surface area contributed by atoms with Crippen molar-refractivity contribution in [3.8, 4) is 0 Å². The van der Waals surface area contributed by atoms with E-state index in [1.165, 1.54) is 10.4 Å². The zero-order valence-corrected chi connectivity index (χ0v) is 18.4. The predicted octanol–water partition coefficient (Wildman–Crippen LogP) is 3.38. The molecular weight excluding hydrogens is 443 g/mol. The molecule has 2 heterocycles. The SMILES string of the molecule is CCS(=O)(=O)N1CCc2cc(C(=O)N3CCN(c4cccc(C(F)(F)F)c4)CC3)ccc21. The molecule has 0 unspecified atom stereocenters. The molecule has 172 valence electrons. The Morgan fingerprint density at radius 2 is 1.72 bits per heavy atom. The van der Waals surface area contributed by atoms with Gasteiger partial charge in [-0.15, -0.1) is 0 Å². The molecule has 10 heteroatoms. The fourth-order valence-corrected chi connectivity index (χ4v) is 5.34. The minimum absolute atomic E-state index is 0.0171. The molecule has 0 saturated carbocycles. The second-order valence-electron chi connectivity index (χ2n) is 7.89. The van der Waals surface area contributed by atoms with Gasteiger partial charge in [-0.2, -0.15) is 13.2 Å². The molecule has 1 amide bonds. The average molecular weight is 468 g/mol.